The van der Waals surface area contributed by atoms with Crippen molar-refractivity contribution in [2.45, 2.75) is 4.93 Å². The van der Waals surface area contributed by atoms with Crippen molar-refractivity contribution in [3.63, 3.8) is 0 Å². The van der Waals surface area contributed by atoms with Crippen LogP contribution in [0.5, 0.6) is 0 Å². The Kier molecular flexibility index (Phi) is 3.31. The van der Waals surface area contributed by atoms with Gasteiger partial charge in [-0.3, -0.25) is 0 Å². The molecule has 1 aliphatic rings. The first-order valence-corrected chi connectivity index (χ1v) is 3.75. The van der Waals surface area contributed by atoms with Crippen molar-refractivity contribution in [1.82, 2.24) is 5.32 Å². The second-order valence-corrected chi connectivity index (χ2v) is 3.67. The molecule has 2 N–H and O–H groups in total. The van der Waals surface area contributed by atoms with E-state index in [0.717, 1.165) is 0 Å². The van der Waals surface area contributed by atoms with E-state index in [1.54, 1.807) is 0 Å². The SMILES string of the molecule is O=S(=O)([O-])C1(O)CNC1.[Na+]. The molecule has 0 aliphatic carbocycles. The molecule has 0 aromatic heterocycles. The smallest absolute Gasteiger partial charge is 0.746 e. The van der Waals surface area contributed by atoms with Gasteiger partial charge >= 0.3 is 29.6 Å². The van der Waals surface area contributed by atoms with Gasteiger partial charge in [0.25, 0.3) is 0 Å². The van der Waals surface area contributed by atoms with Crippen molar-refractivity contribution >= 4 is 10.1 Å². The summed E-state index contributed by atoms with van der Waals surface area (Å²) in [6.45, 7) is -0.308. The fourth-order valence-corrected chi connectivity index (χ4v) is 1.07. The second-order valence-electron chi connectivity index (χ2n) is 2.00. The molecule has 1 heterocycles. The largest absolute Gasteiger partial charge is 1.00 e. The average molecular weight is 175 g/mol. The summed E-state index contributed by atoms with van der Waals surface area (Å²) in [5, 5.41) is 11.3. The fraction of sp³-hybridized carbons (Fsp3) is 1.00. The van der Waals surface area contributed by atoms with Crippen LogP contribution in [0.25, 0.3) is 0 Å². The average Bonchev–Trinajstić information content (AvgIpc) is 1.57. The van der Waals surface area contributed by atoms with Crippen LogP contribution >= 0.6 is 0 Å². The molecule has 0 spiro atoms. The van der Waals surface area contributed by atoms with E-state index in [-0.39, 0.29) is 42.6 Å². The van der Waals surface area contributed by atoms with E-state index >= 15 is 0 Å². The van der Waals surface area contributed by atoms with E-state index in [9.17, 15) is 13.0 Å². The van der Waals surface area contributed by atoms with E-state index in [4.69, 9.17) is 5.11 Å². The minimum absolute atomic E-state index is 0. The topological polar surface area (TPSA) is 89.5 Å². The molecule has 0 atom stereocenters. The van der Waals surface area contributed by atoms with Crippen LogP contribution in [0.2, 0.25) is 0 Å². The molecule has 1 fully saturated rings. The van der Waals surface area contributed by atoms with E-state index in [1.165, 1.54) is 0 Å². The van der Waals surface area contributed by atoms with Gasteiger partial charge in [-0.2, -0.15) is 0 Å². The van der Waals surface area contributed by atoms with E-state index < -0.39 is 15.1 Å². The summed E-state index contributed by atoms with van der Waals surface area (Å²) in [7, 11) is -4.52. The molecule has 0 aromatic carbocycles. The summed E-state index contributed by atoms with van der Waals surface area (Å²) >= 11 is 0. The Morgan fingerprint density at radius 2 is 1.90 bits per heavy atom. The third-order valence-electron chi connectivity index (χ3n) is 1.27. The zero-order valence-electron chi connectivity index (χ0n) is 5.49. The Morgan fingerprint density at radius 1 is 1.50 bits per heavy atom. The molecule has 0 unspecified atom stereocenters. The summed E-state index contributed by atoms with van der Waals surface area (Å²) in [4.78, 5) is -2.03. The monoisotopic (exact) mass is 175 g/mol. The summed E-state index contributed by atoms with van der Waals surface area (Å²) < 4.78 is 30.3. The quantitative estimate of drug-likeness (QED) is 0.307. The molecule has 54 valence electrons. The van der Waals surface area contributed by atoms with Gasteiger partial charge in [-0.15, -0.1) is 0 Å². The van der Waals surface area contributed by atoms with Crippen molar-refractivity contribution < 1.29 is 47.6 Å². The summed E-state index contributed by atoms with van der Waals surface area (Å²) in [6.07, 6.45) is 0. The number of hydrogen-bond donors (Lipinski definition) is 2. The molecule has 5 nitrogen and oxygen atoms in total. The molecule has 1 saturated heterocycles. The van der Waals surface area contributed by atoms with Crippen LogP contribution in [-0.4, -0.2) is 36.1 Å². The zero-order valence-corrected chi connectivity index (χ0v) is 8.31. The Hall–Kier alpha value is 0.830. The van der Waals surface area contributed by atoms with Crippen molar-refractivity contribution in [3.05, 3.63) is 0 Å². The molecular weight excluding hydrogens is 169 g/mol. The number of aliphatic hydroxyl groups is 1. The third kappa shape index (κ3) is 1.70. The van der Waals surface area contributed by atoms with Crippen LogP contribution in [-0.2, 0) is 10.1 Å². The molecule has 0 bridgehead atoms. The van der Waals surface area contributed by atoms with E-state index in [1.807, 2.05) is 0 Å². The number of β-amino-alcohol motifs (C(OH)–C–C–N with tert-alkyl or cyclic N) is 1. The van der Waals surface area contributed by atoms with Crippen LogP contribution in [0.3, 0.4) is 0 Å². The normalized spacial score (nSPS) is 22.6. The predicted molar refractivity (Wildman–Crippen MR) is 27.5 cm³/mol. The first-order chi connectivity index (χ1) is 3.96. The Bertz CT molecular complexity index is 209. The molecule has 0 amide bonds. The van der Waals surface area contributed by atoms with Crippen LogP contribution < -0.4 is 34.9 Å². The minimum Gasteiger partial charge on any atom is -0.746 e. The minimum atomic E-state index is -4.52. The standard InChI is InChI=1S/C3H7NO4S.Na/c5-3(1-4-2-3)9(6,7)8;/h4-5H,1-2H2,(H,6,7,8);/q;+1/p-1. The number of nitrogens with one attached hydrogen (secondary N) is 1. The van der Waals surface area contributed by atoms with Gasteiger partial charge in [0, 0.05) is 13.1 Å². The van der Waals surface area contributed by atoms with Gasteiger partial charge in [-0.05, 0) is 0 Å². The molecule has 10 heavy (non-hydrogen) atoms. The maximum Gasteiger partial charge on any atom is 1.00 e. The maximum absolute atomic E-state index is 10.1. The zero-order chi connectivity index (χ0) is 7.12. The van der Waals surface area contributed by atoms with Crippen LogP contribution in [0, 0.1) is 0 Å². The van der Waals surface area contributed by atoms with Gasteiger partial charge < -0.3 is 15.0 Å². The number of rotatable bonds is 1. The molecular formula is C3H6NNaO4S. The predicted octanol–water partition coefficient (Wildman–Crippen LogP) is -5.17. The second kappa shape index (κ2) is 3.06. The third-order valence-corrected chi connectivity index (χ3v) is 2.49. The van der Waals surface area contributed by atoms with Crippen molar-refractivity contribution in [1.29, 1.82) is 0 Å². The first-order valence-electron chi connectivity index (χ1n) is 2.34. The summed E-state index contributed by atoms with van der Waals surface area (Å²) in [6, 6.07) is 0. The van der Waals surface area contributed by atoms with Crippen molar-refractivity contribution in [2.24, 2.45) is 0 Å². The fourth-order valence-electron chi connectivity index (χ4n) is 0.516. The van der Waals surface area contributed by atoms with E-state index in [0.29, 0.717) is 0 Å². The van der Waals surface area contributed by atoms with E-state index in [2.05, 4.69) is 5.32 Å². The number of hydrogen-bond acceptors (Lipinski definition) is 5. The van der Waals surface area contributed by atoms with Gasteiger partial charge in [0.05, 0.1) is 0 Å². The summed E-state index contributed by atoms with van der Waals surface area (Å²) in [5.74, 6) is 0. The first kappa shape index (κ1) is 10.8. The Balaban J connectivity index is 0.000000810. The Labute approximate surface area is 80.8 Å². The van der Waals surface area contributed by atoms with Crippen LogP contribution in [0.1, 0.15) is 0 Å². The van der Waals surface area contributed by atoms with Crippen molar-refractivity contribution in [3.8, 4) is 0 Å². The maximum atomic E-state index is 10.1. The molecule has 1 rings (SSSR count). The summed E-state index contributed by atoms with van der Waals surface area (Å²) in [5.41, 5.74) is 0. The molecule has 7 heteroatoms. The van der Waals surface area contributed by atoms with Gasteiger partial charge in [-0.25, -0.2) is 8.42 Å². The van der Waals surface area contributed by atoms with Gasteiger partial charge in [0.2, 0.25) is 0 Å². The molecule has 0 saturated carbocycles. The molecule has 0 radical (unpaired) electrons. The van der Waals surface area contributed by atoms with Gasteiger partial charge in [-0.1, -0.05) is 0 Å². The van der Waals surface area contributed by atoms with Gasteiger partial charge in [0.15, 0.2) is 4.93 Å². The van der Waals surface area contributed by atoms with Crippen LogP contribution in [0.15, 0.2) is 0 Å². The van der Waals surface area contributed by atoms with Crippen LogP contribution in [0.4, 0.5) is 0 Å². The molecule has 0 aromatic rings. The van der Waals surface area contributed by atoms with Gasteiger partial charge in [0.1, 0.15) is 10.1 Å². The van der Waals surface area contributed by atoms with Crippen molar-refractivity contribution in [2.75, 3.05) is 13.1 Å². The molecule has 1 aliphatic heterocycles. The Morgan fingerprint density at radius 3 is 1.90 bits per heavy atom.